The number of hydrogen-bond acceptors (Lipinski definition) is 3. The van der Waals surface area contributed by atoms with E-state index in [9.17, 15) is 14.0 Å². The van der Waals surface area contributed by atoms with E-state index < -0.39 is 11.4 Å². The molecule has 2 fully saturated rings. The largest absolute Gasteiger partial charge is 0.339 e. The van der Waals surface area contributed by atoms with Crippen LogP contribution in [0.2, 0.25) is 0 Å². The van der Waals surface area contributed by atoms with Crippen LogP contribution in [0.4, 0.5) is 4.39 Å². The van der Waals surface area contributed by atoms with Crippen LogP contribution in [0.25, 0.3) is 0 Å². The first kappa shape index (κ1) is 20.6. The molecule has 0 bridgehead atoms. The van der Waals surface area contributed by atoms with E-state index in [1.807, 2.05) is 4.90 Å². The molecular formula is C19H27ClFN3O2. The molecule has 3 rings (SSSR count). The zero-order valence-electron chi connectivity index (χ0n) is 15.0. The third-order valence-electron chi connectivity index (χ3n) is 5.31. The van der Waals surface area contributed by atoms with Gasteiger partial charge in [0.2, 0.25) is 5.91 Å². The molecule has 1 heterocycles. The summed E-state index contributed by atoms with van der Waals surface area (Å²) in [6, 6.07) is 5.74. The van der Waals surface area contributed by atoms with E-state index in [1.165, 1.54) is 18.2 Å². The van der Waals surface area contributed by atoms with Crippen molar-refractivity contribution in [3.63, 3.8) is 0 Å². The second-order valence-corrected chi connectivity index (χ2v) is 7.17. The van der Waals surface area contributed by atoms with Crippen molar-refractivity contribution in [1.82, 2.24) is 9.80 Å². The smallest absolute Gasteiger partial charge is 0.254 e. The van der Waals surface area contributed by atoms with E-state index in [2.05, 4.69) is 0 Å². The van der Waals surface area contributed by atoms with Crippen molar-refractivity contribution in [2.75, 3.05) is 26.2 Å². The number of benzene rings is 1. The van der Waals surface area contributed by atoms with Gasteiger partial charge in [-0.05, 0) is 37.5 Å². The fourth-order valence-electron chi connectivity index (χ4n) is 3.84. The average Bonchev–Trinajstić information content (AvgIpc) is 2.87. The average molecular weight is 384 g/mol. The van der Waals surface area contributed by atoms with Crippen LogP contribution in [0.1, 0.15) is 48.9 Å². The number of carbonyl (C=O) groups excluding carboxylic acids is 2. The number of nitrogens with zero attached hydrogens (tertiary/aromatic N) is 2. The molecule has 5 nitrogen and oxygen atoms in total. The van der Waals surface area contributed by atoms with Crippen molar-refractivity contribution in [2.45, 2.75) is 44.1 Å². The minimum absolute atomic E-state index is 0. The number of carbonyl (C=O) groups is 2. The van der Waals surface area contributed by atoms with Crippen molar-refractivity contribution in [2.24, 2.45) is 5.73 Å². The monoisotopic (exact) mass is 383 g/mol. The summed E-state index contributed by atoms with van der Waals surface area (Å²) in [5, 5.41) is 0. The number of hydrogen-bond donors (Lipinski definition) is 1. The Bertz CT molecular complexity index is 649. The zero-order chi connectivity index (χ0) is 17.9. The lowest BCUT2D eigenvalue weighted by molar-refractivity contribution is -0.138. The fourth-order valence-corrected chi connectivity index (χ4v) is 3.84. The lowest BCUT2D eigenvalue weighted by Gasteiger charge is -2.36. The van der Waals surface area contributed by atoms with Crippen molar-refractivity contribution in [3.8, 4) is 0 Å². The molecule has 0 atom stereocenters. The van der Waals surface area contributed by atoms with Gasteiger partial charge in [0.05, 0.1) is 5.54 Å². The van der Waals surface area contributed by atoms with Gasteiger partial charge in [-0.3, -0.25) is 9.59 Å². The van der Waals surface area contributed by atoms with Crippen LogP contribution >= 0.6 is 12.4 Å². The van der Waals surface area contributed by atoms with Gasteiger partial charge in [0.15, 0.2) is 0 Å². The third-order valence-corrected chi connectivity index (χ3v) is 5.31. The number of nitrogens with two attached hydrogens (primary N) is 1. The molecule has 1 aliphatic carbocycles. The van der Waals surface area contributed by atoms with Crippen LogP contribution in [0.15, 0.2) is 24.3 Å². The second kappa shape index (κ2) is 8.82. The normalized spacial score (nSPS) is 20.1. The molecule has 1 saturated heterocycles. The Hall–Kier alpha value is -1.66. The minimum Gasteiger partial charge on any atom is -0.339 e. The van der Waals surface area contributed by atoms with Crippen molar-refractivity contribution >= 4 is 24.2 Å². The van der Waals surface area contributed by atoms with Crippen molar-refractivity contribution in [1.29, 1.82) is 0 Å². The third kappa shape index (κ3) is 4.54. The molecule has 0 unspecified atom stereocenters. The number of halogens is 2. The molecule has 1 saturated carbocycles. The molecule has 2 N–H and O–H groups in total. The fraction of sp³-hybridized carbons (Fsp3) is 0.579. The SMILES string of the molecule is Cl.NC1(C(=O)N2CCCN(C(=O)c3cccc(F)c3)CC2)CCCCC1. The van der Waals surface area contributed by atoms with Crippen molar-refractivity contribution in [3.05, 3.63) is 35.6 Å². The van der Waals surface area contributed by atoms with Crippen LogP contribution in [-0.2, 0) is 4.79 Å². The van der Waals surface area contributed by atoms with Gasteiger partial charge in [0.25, 0.3) is 5.91 Å². The molecule has 2 amide bonds. The van der Waals surface area contributed by atoms with Crippen LogP contribution in [0, 0.1) is 5.82 Å². The van der Waals surface area contributed by atoms with E-state index in [4.69, 9.17) is 5.73 Å². The summed E-state index contributed by atoms with van der Waals surface area (Å²) in [5.41, 5.74) is 5.99. The Balaban J connectivity index is 0.00000243. The van der Waals surface area contributed by atoms with Gasteiger partial charge in [-0.1, -0.05) is 25.3 Å². The topological polar surface area (TPSA) is 66.6 Å². The lowest BCUT2D eigenvalue weighted by Crippen LogP contribution is -2.56. The van der Waals surface area contributed by atoms with Crippen LogP contribution in [0.3, 0.4) is 0 Å². The molecule has 144 valence electrons. The molecule has 26 heavy (non-hydrogen) atoms. The van der Waals surface area contributed by atoms with Crippen molar-refractivity contribution < 1.29 is 14.0 Å². The van der Waals surface area contributed by atoms with E-state index in [1.54, 1.807) is 11.0 Å². The maximum absolute atomic E-state index is 13.4. The summed E-state index contributed by atoms with van der Waals surface area (Å²) >= 11 is 0. The molecule has 7 heteroatoms. The number of rotatable bonds is 2. The summed E-state index contributed by atoms with van der Waals surface area (Å²) in [6.07, 6.45) is 5.34. The van der Waals surface area contributed by atoms with E-state index in [0.29, 0.717) is 38.2 Å². The predicted octanol–water partition coefficient (Wildman–Crippen LogP) is 2.58. The Morgan fingerprint density at radius 2 is 1.62 bits per heavy atom. The molecule has 1 aromatic carbocycles. The summed E-state index contributed by atoms with van der Waals surface area (Å²) in [5.74, 6) is -0.582. The maximum Gasteiger partial charge on any atom is 0.254 e. The summed E-state index contributed by atoms with van der Waals surface area (Å²) < 4.78 is 13.4. The highest BCUT2D eigenvalue weighted by Crippen LogP contribution is 2.28. The highest BCUT2D eigenvalue weighted by molar-refractivity contribution is 5.94. The molecular weight excluding hydrogens is 357 g/mol. The number of amides is 2. The van der Waals surface area contributed by atoms with E-state index >= 15 is 0 Å². The first-order chi connectivity index (χ1) is 12.0. The van der Waals surface area contributed by atoms with E-state index in [-0.39, 0.29) is 24.2 Å². The Labute approximate surface area is 160 Å². The molecule has 0 aromatic heterocycles. The Morgan fingerprint density at radius 3 is 2.31 bits per heavy atom. The first-order valence-electron chi connectivity index (χ1n) is 9.13. The van der Waals surface area contributed by atoms with Gasteiger partial charge in [0.1, 0.15) is 5.82 Å². The van der Waals surface area contributed by atoms with Gasteiger partial charge in [0, 0.05) is 31.7 Å². The van der Waals surface area contributed by atoms with Crippen LogP contribution < -0.4 is 5.73 Å². The minimum atomic E-state index is -0.736. The van der Waals surface area contributed by atoms with E-state index in [0.717, 1.165) is 32.1 Å². The predicted molar refractivity (Wildman–Crippen MR) is 101 cm³/mol. The lowest BCUT2D eigenvalue weighted by atomic mass is 9.81. The summed E-state index contributed by atoms with van der Waals surface area (Å²) in [7, 11) is 0. The highest BCUT2D eigenvalue weighted by atomic mass is 35.5. The second-order valence-electron chi connectivity index (χ2n) is 7.17. The summed E-state index contributed by atoms with van der Waals surface area (Å²) in [4.78, 5) is 29.0. The zero-order valence-corrected chi connectivity index (χ0v) is 15.8. The maximum atomic E-state index is 13.4. The van der Waals surface area contributed by atoms with Gasteiger partial charge in [-0.25, -0.2) is 4.39 Å². The Morgan fingerprint density at radius 1 is 0.962 bits per heavy atom. The van der Waals surface area contributed by atoms with Crippen LogP contribution in [-0.4, -0.2) is 53.3 Å². The molecule has 1 aromatic rings. The Kier molecular flexibility index (Phi) is 7.01. The molecule has 1 aliphatic heterocycles. The quantitative estimate of drug-likeness (QED) is 0.853. The van der Waals surface area contributed by atoms with Gasteiger partial charge in [-0.2, -0.15) is 0 Å². The summed E-state index contributed by atoms with van der Waals surface area (Å²) in [6.45, 7) is 2.12. The van der Waals surface area contributed by atoms with Gasteiger partial charge < -0.3 is 15.5 Å². The van der Waals surface area contributed by atoms with Crippen LogP contribution in [0.5, 0.6) is 0 Å². The molecule has 0 radical (unpaired) electrons. The molecule has 2 aliphatic rings. The first-order valence-corrected chi connectivity index (χ1v) is 9.13. The standard InChI is InChI=1S/C19H26FN3O2.ClH/c20-16-7-4-6-15(14-16)17(24)22-10-5-11-23(13-12-22)18(25)19(21)8-2-1-3-9-19;/h4,6-7,14H,1-3,5,8-13,21H2;1H. The molecule has 0 spiro atoms. The van der Waals surface area contributed by atoms with Gasteiger partial charge >= 0.3 is 0 Å². The van der Waals surface area contributed by atoms with Gasteiger partial charge in [-0.15, -0.1) is 12.4 Å². The highest BCUT2D eigenvalue weighted by Gasteiger charge is 2.38.